The van der Waals surface area contributed by atoms with Gasteiger partial charge in [0.25, 0.3) is 0 Å². The van der Waals surface area contributed by atoms with Crippen LogP contribution in [0.15, 0.2) is 18.2 Å². The highest BCUT2D eigenvalue weighted by Crippen LogP contribution is 2.16. The lowest BCUT2D eigenvalue weighted by molar-refractivity contribution is 0.243. The van der Waals surface area contributed by atoms with Crippen LogP contribution in [0, 0.1) is 17.1 Å². The molecule has 0 aromatic heterocycles. The summed E-state index contributed by atoms with van der Waals surface area (Å²) in [4.78, 5) is 2.42. The third kappa shape index (κ3) is 4.48. The second-order valence-electron chi connectivity index (χ2n) is 4.90. The molecule has 1 saturated heterocycles. The maximum absolute atomic E-state index is 13.4. The monoisotopic (exact) mass is 277 g/mol. The Morgan fingerprint density at radius 2 is 2.25 bits per heavy atom. The summed E-state index contributed by atoms with van der Waals surface area (Å²) in [5.74, 6) is -0.0392. The highest BCUT2D eigenvalue weighted by Gasteiger charge is 2.08. The number of rotatable bonds is 5. The molecule has 0 spiro atoms. The molecule has 1 aliphatic rings. The van der Waals surface area contributed by atoms with Crippen LogP contribution in [0.3, 0.4) is 0 Å². The van der Waals surface area contributed by atoms with E-state index in [2.05, 4.69) is 10.2 Å². The number of ether oxygens (including phenoxy) is 1. The third-order valence-corrected chi connectivity index (χ3v) is 3.38. The fourth-order valence-electron chi connectivity index (χ4n) is 2.28. The van der Waals surface area contributed by atoms with Crippen molar-refractivity contribution in [2.75, 3.05) is 39.3 Å². The number of nitriles is 1. The summed E-state index contributed by atoms with van der Waals surface area (Å²) in [6.07, 6.45) is 2.10. The summed E-state index contributed by atoms with van der Waals surface area (Å²) in [7, 11) is 0. The van der Waals surface area contributed by atoms with Gasteiger partial charge in [-0.1, -0.05) is 0 Å². The predicted molar refractivity (Wildman–Crippen MR) is 75.2 cm³/mol. The first kappa shape index (κ1) is 14.8. The van der Waals surface area contributed by atoms with Crippen LogP contribution in [0.25, 0.3) is 0 Å². The van der Waals surface area contributed by atoms with E-state index in [0.717, 1.165) is 39.1 Å². The molecule has 1 aliphatic heterocycles. The van der Waals surface area contributed by atoms with Crippen LogP contribution in [-0.2, 0) is 0 Å². The van der Waals surface area contributed by atoms with Crippen molar-refractivity contribution in [2.24, 2.45) is 0 Å². The van der Waals surface area contributed by atoms with Gasteiger partial charge in [-0.15, -0.1) is 0 Å². The van der Waals surface area contributed by atoms with Gasteiger partial charge in [0.15, 0.2) is 0 Å². The minimum atomic E-state index is -0.524. The Balaban J connectivity index is 1.70. The first-order chi connectivity index (χ1) is 9.79. The summed E-state index contributed by atoms with van der Waals surface area (Å²) in [6.45, 7) is 5.90. The normalized spacial score (nSPS) is 16.4. The van der Waals surface area contributed by atoms with Crippen molar-refractivity contribution < 1.29 is 9.13 Å². The van der Waals surface area contributed by atoms with E-state index in [-0.39, 0.29) is 5.56 Å². The van der Waals surface area contributed by atoms with Gasteiger partial charge in [-0.2, -0.15) is 5.26 Å². The maximum atomic E-state index is 13.4. The first-order valence-electron chi connectivity index (χ1n) is 7.05. The number of benzene rings is 1. The quantitative estimate of drug-likeness (QED) is 0.833. The zero-order chi connectivity index (χ0) is 14.2. The van der Waals surface area contributed by atoms with Gasteiger partial charge in [-0.05, 0) is 38.1 Å². The second-order valence-corrected chi connectivity index (χ2v) is 4.90. The second kappa shape index (κ2) is 7.83. The van der Waals surface area contributed by atoms with Gasteiger partial charge in [0.2, 0.25) is 0 Å². The van der Waals surface area contributed by atoms with E-state index >= 15 is 0 Å². The molecule has 4 nitrogen and oxygen atoms in total. The lowest BCUT2D eigenvalue weighted by atomic mass is 10.2. The van der Waals surface area contributed by atoms with E-state index in [0.29, 0.717) is 12.4 Å². The minimum absolute atomic E-state index is 0.0504. The van der Waals surface area contributed by atoms with Crippen LogP contribution in [-0.4, -0.2) is 44.2 Å². The summed E-state index contributed by atoms with van der Waals surface area (Å²) >= 11 is 0. The molecule has 0 aliphatic carbocycles. The largest absolute Gasteiger partial charge is 0.493 e. The van der Waals surface area contributed by atoms with Crippen LogP contribution < -0.4 is 10.1 Å². The summed E-state index contributed by atoms with van der Waals surface area (Å²) in [5, 5.41) is 12.0. The van der Waals surface area contributed by atoms with Crippen molar-refractivity contribution in [1.29, 1.82) is 5.26 Å². The van der Waals surface area contributed by atoms with Crippen LogP contribution >= 0.6 is 0 Å². The summed E-state index contributed by atoms with van der Waals surface area (Å²) in [5.41, 5.74) is 0.0504. The van der Waals surface area contributed by atoms with Crippen LogP contribution in [0.4, 0.5) is 4.39 Å². The first-order valence-corrected chi connectivity index (χ1v) is 7.05. The molecule has 5 heteroatoms. The zero-order valence-corrected chi connectivity index (χ0v) is 11.6. The van der Waals surface area contributed by atoms with Crippen molar-refractivity contribution in [2.45, 2.75) is 12.8 Å². The molecule has 1 fully saturated rings. The molecule has 0 atom stereocenters. The maximum Gasteiger partial charge on any atom is 0.144 e. The van der Waals surface area contributed by atoms with Gasteiger partial charge in [-0.3, -0.25) is 0 Å². The highest BCUT2D eigenvalue weighted by molar-refractivity contribution is 5.36. The van der Waals surface area contributed by atoms with E-state index in [4.69, 9.17) is 10.00 Å². The fraction of sp³-hybridized carbons (Fsp3) is 0.533. The molecule has 0 radical (unpaired) electrons. The molecule has 0 bridgehead atoms. The molecule has 1 heterocycles. The Kier molecular flexibility index (Phi) is 5.78. The van der Waals surface area contributed by atoms with Crippen molar-refractivity contribution in [3.63, 3.8) is 0 Å². The average molecular weight is 277 g/mol. The molecule has 20 heavy (non-hydrogen) atoms. The third-order valence-electron chi connectivity index (χ3n) is 3.38. The van der Waals surface area contributed by atoms with Gasteiger partial charge < -0.3 is 15.0 Å². The van der Waals surface area contributed by atoms with E-state index in [1.165, 1.54) is 18.6 Å². The van der Waals surface area contributed by atoms with Crippen molar-refractivity contribution in [3.05, 3.63) is 29.6 Å². The van der Waals surface area contributed by atoms with Crippen molar-refractivity contribution in [1.82, 2.24) is 10.2 Å². The van der Waals surface area contributed by atoms with Gasteiger partial charge in [0.05, 0.1) is 12.2 Å². The Labute approximate surface area is 119 Å². The van der Waals surface area contributed by atoms with Gasteiger partial charge in [0.1, 0.15) is 17.6 Å². The van der Waals surface area contributed by atoms with Gasteiger partial charge in [0, 0.05) is 25.7 Å². The predicted octanol–water partition coefficient (Wildman–Crippen LogP) is 1.76. The number of hydrogen-bond donors (Lipinski definition) is 1. The molecule has 108 valence electrons. The van der Waals surface area contributed by atoms with E-state index < -0.39 is 5.82 Å². The standard InChI is InChI=1S/C15H20FN3O/c16-15-11-14(4-3-13(15)12-17)20-10-2-8-19-7-1-5-18-6-9-19/h3-4,11,18H,1-2,5-10H2. The lowest BCUT2D eigenvalue weighted by Crippen LogP contribution is -2.29. The molecule has 1 aromatic carbocycles. The molecular formula is C15H20FN3O. The Hall–Kier alpha value is -1.64. The molecule has 0 unspecified atom stereocenters. The summed E-state index contributed by atoms with van der Waals surface area (Å²) in [6, 6.07) is 6.15. The van der Waals surface area contributed by atoms with E-state index in [1.807, 2.05) is 0 Å². The van der Waals surface area contributed by atoms with Crippen molar-refractivity contribution >= 4 is 0 Å². The molecule has 0 saturated carbocycles. The molecule has 2 rings (SSSR count). The SMILES string of the molecule is N#Cc1ccc(OCCCN2CCCNCC2)cc1F. The van der Waals surface area contributed by atoms with E-state index in [1.54, 1.807) is 12.1 Å². The topological polar surface area (TPSA) is 48.3 Å². The fourth-order valence-corrected chi connectivity index (χ4v) is 2.28. The number of halogens is 1. The highest BCUT2D eigenvalue weighted by atomic mass is 19.1. The zero-order valence-electron chi connectivity index (χ0n) is 11.6. The molecule has 0 amide bonds. The Bertz CT molecular complexity index is 465. The van der Waals surface area contributed by atoms with E-state index in [9.17, 15) is 4.39 Å². The van der Waals surface area contributed by atoms with Crippen LogP contribution in [0.1, 0.15) is 18.4 Å². The van der Waals surface area contributed by atoms with Gasteiger partial charge in [-0.25, -0.2) is 4.39 Å². The molecular weight excluding hydrogens is 257 g/mol. The number of nitrogens with one attached hydrogen (secondary N) is 1. The molecule has 1 aromatic rings. The van der Waals surface area contributed by atoms with Gasteiger partial charge >= 0.3 is 0 Å². The number of hydrogen-bond acceptors (Lipinski definition) is 4. The van der Waals surface area contributed by atoms with Crippen molar-refractivity contribution in [3.8, 4) is 11.8 Å². The average Bonchev–Trinajstić information content (AvgIpc) is 2.72. The van der Waals surface area contributed by atoms with Crippen LogP contribution in [0.2, 0.25) is 0 Å². The lowest BCUT2D eigenvalue weighted by Gasteiger charge is -2.19. The van der Waals surface area contributed by atoms with Crippen LogP contribution in [0.5, 0.6) is 5.75 Å². The molecule has 1 N–H and O–H groups in total. The smallest absolute Gasteiger partial charge is 0.144 e. The minimum Gasteiger partial charge on any atom is -0.493 e. The Morgan fingerprint density at radius 1 is 1.35 bits per heavy atom. The number of nitrogens with zero attached hydrogens (tertiary/aromatic N) is 2. The summed E-state index contributed by atoms with van der Waals surface area (Å²) < 4.78 is 18.9. The Morgan fingerprint density at radius 3 is 3.05 bits per heavy atom.